The Bertz CT molecular complexity index is 1000. The Morgan fingerprint density at radius 3 is 2.50 bits per heavy atom. The first-order valence-corrected chi connectivity index (χ1v) is 10.6. The average Bonchev–Trinajstić information content (AvgIpc) is 3.21. The fourth-order valence-corrected chi connectivity index (χ4v) is 5.53. The highest BCUT2D eigenvalue weighted by atomic mass is 32.2. The molecule has 2 aromatic rings. The summed E-state index contributed by atoms with van der Waals surface area (Å²) in [5.41, 5.74) is 2.21. The van der Waals surface area contributed by atoms with Crippen LogP contribution in [-0.2, 0) is 34.8 Å². The zero-order valence-electron chi connectivity index (χ0n) is 16.1. The molecule has 0 radical (unpaired) electrons. The monoisotopic (exact) mass is 409 g/mol. The van der Waals surface area contributed by atoms with Crippen LogP contribution in [0.5, 0.6) is 0 Å². The molecule has 0 aromatic carbocycles. The van der Waals surface area contributed by atoms with Crippen LogP contribution < -0.4 is 0 Å². The summed E-state index contributed by atoms with van der Waals surface area (Å²) in [6.45, 7) is 5.60. The summed E-state index contributed by atoms with van der Waals surface area (Å²) in [6.07, 6.45) is 0.484. The summed E-state index contributed by atoms with van der Waals surface area (Å²) in [7, 11) is -2.00. The van der Waals surface area contributed by atoms with Gasteiger partial charge in [-0.05, 0) is 13.8 Å². The summed E-state index contributed by atoms with van der Waals surface area (Å²) in [5, 5.41) is 8.18. The molecule has 0 N–H and O–H groups in total. The number of carbonyl (C=O) groups is 1. The predicted molar refractivity (Wildman–Crippen MR) is 97.2 cm³/mol. The number of sulfonamides is 1. The van der Waals surface area contributed by atoms with E-state index in [1.54, 1.807) is 30.5 Å². The van der Waals surface area contributed by atoms with Gasteiger partial charge in [0.2, 0.25) is 10.0 Å². The maximum atomic E-state index is 13.2. The number of morpholine rings is 1. The number of hydrogen-bond acceptors (Lipinski definition) is 7. The molecule has 1 amide bonds. The second kappa shape index (κ2) is 6.98. The van der Waals surface area contributed by atoms with E-state index in [2.05, 4.69) is 10.3 Å². The standard InChI is InChI=1S/C17H23N5O5S/c1-11-16(12(2)27-19-11)28(24,25)22-5-4-14-13(10-22)15(18-20(14)3)17(23)21-6-8-26-9-7-21/h4-10H2,1-3H3. The predicted octanol–water partition coefficient (Wildman–Crippen LogP) is 0.244. The van der Waals surface area contributed by atoms with Crippen molar-refractivity contribution >= 4 is 15.9 Å². The van der Waals surface area contributed by atoms with Crippen molar-refractivity contribution in [3.8, 4) is 0 Å². The molecule has 0 spiro atoms. The van der Waals surface area contributed by atoms with E-state index in [4.69, 9.17) is 9.26 Å². The molecule has 2 aromatic heterocycles. The molecule has 28 heavy (non-hydrogen) atoms. The number of ether oxygens (including phenoxy) is 1. The molecule has 11 heteroatoms. The van der Waals surface area contributed by atoms with E-state index in [1.165, 1.54) is 4.31 Å². The van der Waals surface area contributed by atoms with Crippen molar-refractivity contribution in [1.82, 2.24) is 24.1 Å². The topological polar surface area (TPSA) is 111 Å². The Hall–Kier alpha value is -2.24. The van der Waals surface area contributed by atoms with E-state index in [1.807, 2.05) is 0 Å². The molecule has 0 saturated carbocycles. The first-order chi connectivity index (χ1) is 13.3. The highest BCUT2D eigenvalue weighted by Gasteiger charge is 2.37. The first-order valence-electron chi connectivity index (χ1n) is 9.15. The van der Waals surface area contributed by atoms with E-state index in [9.17, 15) is 13.2 Å². The zero-order chi connectivity index (χ0) is 20.1. The van der Waals surface area contributed by atoms with Crippen LogP contribution in [0, 0.1) is 13.8 Å². The summed E-state index contributed by atoms with van der Waals surface area (Å²) < 4.78 is 39.8. The number of aromatic nitrogens is 3. The van der Waals surface area contributed by atoms with Crippen molar-refractivity contribution < 1.29 is 22.5 Å². The van der Waals surface area contributed by atoms with Gasteiger partial charge in [0.05, 0.1) is 13.2 Å². The number of hydrogen-bond donors (Lipinski definition) is 0. The van der Waals surface area contributed by atoms with E-state index < -0.39 is 10.0 Å². The van der Waals surface area contributed by atoms with Gasteiger partial charge in [-0.3, -0.25) is 9.48 Å². The van der Waals surface area contributed by atoms with Crippen molar-refractivity contribution in [1.29, 1.82) is 0 Å². The normalized spacial score (nSPS) is 18.3. The second-order valence-corrected chi connectivity index (χ2v) is 8.92. The third-order valence-corrected chi connectivity index (χ3v) is 7.36. The SMILES string of the molecule is Cc1noc(C)c1S(=O)(=O)N1CCc2c(c(C(=O)N3CCOCC3)nn2C)C1. The van der Waals surface area contributed by atoms with Gasteiger partial charge in [0, 0.05) is 50.9 Å². The summed E-state index contributed by atoms with van der Waals surface area (Å²) in [4.78, 5) is 14.8. The van der Waals surface area contributed by atoms with Gasteiger partial charge in [0.25, 0.3) is 5.91 Å². The van der Waals surface area contributed by atoms with E-state index in [-0.39, 0.29) is 23.1 Å². The summed E-state index contributed by atoms with van der Waals surface area (Å²) in [5.74, 6) is 0.0795. The van der Waals surface area contributed by atoms with Crippen LogP contribution in [0.1, 0.15) is 33.2 Å². The maximum Gasteiger partial charge on any atom is 0.274 e. The average molecular weight is 409 g/mol. The molecule has 2 aliphatic rings. The fraction of sp³-hybridized carbons (Fsp3) is 0.588. The van der Waals surface area contributed by atoms with Crippen LogP contribution in [-0.4, -0.2) is 71.3 Å². The van der Waals surface area contributed by atoms with Gasteiger partial charge in [-0.15, -0.1) is 0 Å². The van der Waals surface area contributed by atoms with Crippen molar-refractivity contribution in [2.45, 2.75) is 31.7 Å². The minimum atomic E-state index is -3.79. The van der Waals surface area contributed by atoms with E-state index >= 15 is 0 Å². The van der Waals surface area contributed by atoms with Crippen LogP contribution in [0.2, 0.25) is 0 Å². The number of carbonyl (C=O) groups excluding carboxylic acids is 1. The van der Waals surface area contributed by atoms with Crippen molar-refractivity contribution in [2.24, 2.45) is 7.05 Å². The number of aryl methyl sites for hydroxylation is 3. The lowest BCUT2D eigenvalue weighted by molar-refractivity contribution is 0.0297. The smallest absolute Gasteiger partial charge is 0.274 e. The summed E-state index contributed by atoms with van der Waals surface area (Å²) in [6, 6.07) is 0. The van der Waals surface area contributed by atoms with Crippen LogP contribution in [0.25, 0.3) is 0 Å². The van der Waals surface area contributed by atoms with Crippen LogP contribution in [0.4, 0.5) is 0 Å². The Morgan fingerprint density at radius 2 is 1.86 bits per heavy atom. The Labute approximate surface area is 163 Å². The number of rotatable bonds is 3. The van der Waals surface area contributed by atoms with Gasteiger partial charge in [0.15, 0.2) is 11.5 Å². The van der Waals surface area contributed by atoms with Gasteiger partial charge in [-0.2, -0.15) is 9.40 Å². The molecule has 0 atom stereocenters. The largest absolute Gasteiger partial charge is 0.378 e. The zero-order valence-corrected chi connectivity index (χ0v) is 17.0. The molecule has 0 unspecified atom stereocenters. The molecular formula is C17H23N5O5S. The lowest BCUT2D eigenvalue weighted by Gasteiger charge is -2.28. The molecule has 1 saturated heterocycles. The molecule has 4 heterocycles. The Kier molecular flexibility index (Phi) is 4.76. The van der Waals surface area contributed by atoms with Crippen molar-refractivity contribution in [3.05, 3.63) is 28.4 Å². The minimum Gasteiger partial charge on any atom is -0.378 e. The lowest BCUT2D eigenvalue weighted by Crippen LogP contribution is -2.42. The molecule has 2 aliphatic heterocycles. The number of nitrogens with zero attached hydrogens (tertiary/aromatic N) is 5. The Morgan fingerprint density at radius 1 is 1.14 bits per heavy atom. The van der Waals surface area contributed by atoms with Gasteiger partial charge in [-0.1, -0.05) is 5.16 Å². The minimum absolute atomic E-state index is 0.0981. The number of fused-ring (bicyclic) bond motifs is 1. The molecule has 10 nitrogen and oxygen atoms in total. The second-order valence-electron chi connectivity index (χ2n) is 7.04. The van der Waals surface area contributed by atoms with E-state index in [0.717, 1.165) is 5.69 Å². The van der Waals surface area contributed by atoms with E-state index in [0.29, 0.717) is 56.2 Å². The van der Waals surface area contributed by atoms with Gasteiger partial charge < -0.3 is 14.2 Å². The molecule has 0 bridgehead atoms. The molecule has 4 rings (SSSR count). The molecule has 1 fully saturated rings. The van der Waals surface area contributed by atoms with Gasteiger partial charge in [0.1, 0.15) is 10.6 Å². The molecule has 0 aliphatic carbocycles. The Balaban J connectivity index is 1.67. The van der Waals surface area contributed by atoms with Crippen molar-refractivity contribution in [2.75, 3.05) is 32.8 Å². The fourth-order valence-electron chi connectivity index (χ4n) is 3.83. The third kappa shape index (κ3) is 3.03. The maximum absolute atomic E-state index is 13.2. The molecular weight excluding hydrogens is 386 g/mol. The van der Waals surface area contributed by atoms with Crippen LogP contribution in [0.3, 0.4) is 0 Å². The van der Waals surface area contributed by atoms with Crippen LogP contribution in [0.15, 0.2) is 9.42 Å². The summed E-state index contributed by atoms with van der Waals surface area (Å²) >= 11 is 0. The molecule has 152 valence electrons. The first kappa shape index (κ1) is 19.1. The van der Waals surface area contributed by atoms with Crippen molar-refractivity contribution in [3.63, 3.8) is 0 Å². The highest BCUT2D eigenvalue weighted by Crippen LogP contribution is 2.30. The quantitative estimate of drug-likeness (QED) is 0.714. The number of amides is 1. The van der Waals surface area contributed by atoms with Gasteiger partial charge in [-0.25, -0.2) is 8.42 Å². The highest BCUT2D eigenvalue weighted by molar-refractivity contribution is 7.89. The third-order valence-electron chi connectivity index (χ3n) is 5.27. The van der Waals surface area contributed by atoms with Crippen LogP contribution >= 0.6 is 0 Å². The lowest BCUT2D eigenvalue weighted by atomic mass is 10.1. The van der Waals surface area contributed by atoms with Gasteiger partial charge >= 0.3 is 0 Å².